The van der Waals surface area contributed by atoms with Crippen molar-refractivity contribution in [3.63, 3.8) is 0 Å². The fourth-order valence-electron chi connectivity index (χ4n) is 8.15. The maximum atomic E-state index is 12.8. The van der Waals surface area contributed by atoms with Gasteiger partial charge in [0, 0.05) is 12.8 Å². The molecule has 0 aliphatic rings. The van der Waals surface area contributed by atoms with Crippen molar-refractivity contribution < 1.29 is 42.1 Å². The zero-order valence-corrected chi connectivity index (χ0v) is 50.3. The third-order valence-electron chi connectivity index (χ3n) is 12.8. The van der Waals surface area contributed by atoms with Gasteiger partial charge in [-0.3, -0.25) is 18.6 Å². The molecule has 0 aromatic heterocycles. The zero-order chi connectivity index (χ0) is 55.6. The minimum absolute atomic E-state index is 0.0253. The summed E-state index contributed by atoms with van der Waals surface area (Å²) in [5, 5.41) is 0. The number of esters is 2. The highest BCUT2D eigenvalue weighted by Gasteiger charge is 2.27. The van der Waals surface area contributed by atoms with Crippen molar-refractivity contribution in [3.8, 4) is 0 Å². The summed E-state index contributed by atoms with van der Waals surface area (Å²) in [6.45, 7) is 4.19. The van der Waals surface area contributed by atoms with Gasteiger partial charge in [0.05, 0.1) is 27.7 Å². The fourth-order valence-corrected chi connectivity index (χ4v) is 8.89. The normalized spacial score (nSPS) is 14.0. The second-order valence-corrected chi connectivity index (χ2v) is 22.8. The lowest BCUT2D eigenvalue weighted by Gasteiger charge is -2.24. The van der Waals surface area contributed by atoms with E-state index < -0.39 is 26.5 Å². The van der Waals surface area contributed by atoms with Crippen LogP contribution in [0, 0.1) is 0 Å². The standard InChI is InChI=1S/C66H114NO8P/c1-6-8-10-12-14-16-18-20-22-23-24-25-26-27-28-29-30-31-32-33-34-35-36-37-38-39-40-41-42-43-45-47-49-51-53-55-57-59-66(69)75-64(63-74-76(70,71)73-61-60-67(3,4)5)62-72-65(68)58-56-54-52-50-48-46-44-21-19-17-15-13-11-9-7-2/h8-11,14-17,20-22,24-25,27-28,30-31,44,64H,6-7,12-13,18-19,23,26,29,32-43,45-63H2,1-5H3/p+1/b10-8-,11-9-,16-14-,17-15-,22-20-,25-24-,28-27-,31-30-,44-21-. The predicted octanol–water partition coefficient (Wildman–Crippen LogP) is 19.4. The van der Waals surface area contributed by atoms with Gasteiger partial charge in [0.15, 0.2) is 6.10 Å². The van der Waals surface area contributed by atoms with Gasteiger partial charge in [0.1, 0.15) is 19.8 Å². The highest BCUT2D eigenvalue weighted by atomic mass is 31.2. The first kappa shape index (κ1) is 72.7. The molecule has 0 aliphatic carbocycles. The van der Waals surface area contributed by atoms with Crippen LogP contribution in [-0.4, -0.2) is 74.9 Å². The van der Waals surface area contributed by atoms with E-state index in [1.165, 1.54) is 96.3 Å². The molecule has 76 heavy (non-hydrogen) atoms. The summed E-state index contributed by atoms with van der Waals surface area (Å²) in [4.78, 5) is 35.7. The number of phosphoric ester groups is 1. The Kier molecular flexibility index (Phi) is 53.9. The molecule has 1 N–H and O–H groups in total. The summed E-state index contributed by atoms with van der Waals surface area (Å²) < 4.78 is 34.5. The number of nitrogens with zero attached hydrogens (tertiary/aromatic N) is 1. The van der Waals surface area contributed by atoms with Gasteiger partial charge >= 0.3 is 19.8 Å². The van der Waals surface area contributed by atoms with Crippen LogP contribution < -0.4 is 0 Å². The molecule has 0 saturated carbocycles. The summed E-state index contributed by atoms with van der Waals surface area (Å²) in [5.74, 6) is -0.817. The lowest BCUT2D eigenvalue weighted by atomic mass is 10.0. The lowest BCUT2D eigenvalue weighted by Crippen LogP contribution is -2.37. The predicted molar refractivity (Wildman–Crippen MR) is 325 cm³/mol. The summed E-state index contributed by atoms with van der Waals surface area (Å²) >= 11 is 0. The first-order valence-electron chi connectivity index (χ1n) is 30.6. The van der Waals surface area contributed by atoms with Crippen LogP contribution in [0.5, 0.6) is 0 Å². The van der Waals surface area contributed by atoms with E-state index >= 15 is 0 Å². The average molecular weight is 1080 g/mol. The Morgan fingerprint density at radius 1 is 0.408 bits per heavy atom. The number of carbonyl (C=O) groups is 2. The molecule has 0 amide bonds. The number of quaternary nitrogens is 1. The van der Waals surface area contributed by atoms with E-state index in [4.69, 9.17) is 18.5 Å². The monoisotopic (exact) mass is 1080 g/mol. The van der Waals surface area contributed by atoms with Crippen molar-refractivity contribution in [1.82, 2.24) is 0 Å². The smallest absolute Gasteiger partial charge is 0.462 e. The highest BCUT2D eigenvalue weighted by Crippen LogP contribution is 2.43. The van der Waals surface area contributed by atoms with Crippen molar-refractivity contribution in [1.29, 1.82) is 0 Å². The van der Waals surface area contributed by atoms with E-state index in [1.54, 1.807) is 0 Å². The van der Waals surface area contributed by atoms with Crippen LogP contribution in [0.3, 0.4) is 0 Å². The Hall–Kier alpha value is -3.33. The molecule has 0 fully saturated rings. The molecule has 0 aliphatic heterocycles. The number of allylic oxidation sites excluding steroid dienone is 18. The summed E-state index contributed by atoms with van der Waals surface area (Å²) in [6.07, 6.45) is 79.0. The number of hydrogen-bond acceptors (Lipinski definition) is 7. The van der Waals surface area contributed by atoms with Crippen LogP contribution in [0.2, 0.25) is 0 Å². The molecule has 9 nitrogen and oxygen atoms in total. The largest absolute Gasteiger partial charge is 0.472 e. The molecular formula is C66H115NO8P+. The van der Waals surface area contributed by atoms with E-state index in [0.717, 1.165) is 109 Å². The topological polar surface area (TPSA) is 108 Å². The molecule has 0 rings (SSSR count). The summed E-state index contributed by atoms with van der Waals surface area (Å²) in [7, 11) is 1.46. The quantitative estimate of drug-likeness (QED) is 0.0211. The number of phosphoric acid groups is 1. The van der Waals surface area contributed by atoms with E-state index in [0.29, 0.717) is 23.9 Å². The maximum Gasteiger partial charge on any atom is 0.472 e. The number of hydrogen-bond donors (Lipinski definition) is 1. The van der Waals surface area contributed by atoms with Gasteiger partial charge in [-0.05, 0) is 96.3 Å². The number of rotatable bonds is 55. The molecule has 2 unspecified atom stereocenters. The van der Waals surface area contributed by atoms with Crippen LogP contribution in [0.4, 0.5) is 0 Å². The van der Waals surface area contributed by atoms with Gasteiger partial charge < -0.3 is 18.9 Å². The summed E-state index contributed by atoms with van der Waals surface area (Å²) in [6, 6.07) is 0. The average Bonchev–Trinajstić information content (AvgIpc) is 3.38. The van der Waals surface area contributed by atoms with Crippen LogP contribution in [0.1, 0.15) is 245 Å². The van der Waals surface area contributed by atoms with E-state index in [2.05, 4.69) is 123 Å². The van der Waals surface area contributed by atoms with E-state index in [-0.39, 0.29) is 32.0 Å². The minimum Gasteiger partial charge on any atom is -0.462 e. The lowest BCUT2D eigenvalue weighted by molar-refractivity contribution is -0.870. The third kappa shape index (κ3) is 59.9. The molecule has 0 spiro atoms. The number of carbonyl (C=O) groups excluding carboxylic acids is 2. The highest BCUT2D eigenvalue weighted by molar-refractivity contribution is 7.47. The Morgan fingerprint density at radius 2 is 0.711 bits per heavy atom. The Morgan fingerprint density at radius 3 is 1.05 bits per heavy atom. The van der Waals surface area contributed by atoms with Gasteiger partial charge in [-0.1, -0.05) is 245 Å². The molecule has 436 valence electrons. The SMILES string of the molecule is CC/C=C\C/C=C\C/C=C\C/C=C\C/C=C\C/C=C\CCCCCCCCCCCCCCCCCCCCC(=O)OC(COC(=O)CCCCCCC/C=C\C/C=C\C/C=C\CC)COP(=O)(O)OCC[N+](C)(C)C. The first-order chi connectivity index (χ1) is 37.0. The zero-order valence-electron chi connectivity index (χ0n) is 49.5. The minimum atomic E-state index is -4.39. The van der Waals surface area contributed by atoms with Crippen molar-refractivity contribution >= 4 is 19.8 Å². The van der Waals surface area contributed by atoms with Crippen molar-refractivity contribution in [3.05, 3.63) is 109 Å². The number of unbranched alkanes of at least 4 members (excludes halogenated alkanes) is 23. The van der Waals surface area contributed by atoms with Crippen LogP contribution in [-0.2, 0) is 32.7 Å². The van der Waals surface area contributed by atoms with Gasteiger partial charge in [-0.25, -0.2) is 4.57 Å². The van der Waals surface area contributed by atoms with Crippen LogP contribution in [0.25, 0.3) is 0 Å². The van der Waals surface area contributed by atoms with Gasteiger partial charge in [-0.2, -0.15) is 0 Å². The molecular weight excluding hydrogens is 966 g/mol. The Bertz CT molecular complexity index is 1650. The van der Waals surface area contributed by atoms with E-state index in [9.17, 15) is 19.0 Å². The molecule has 0 bridgehead atoms. The van der Waals surface area contributed by atoms with Gasteiger partial charge in [0.2, 0.25) is 0 Å². The third-order valence-corrected chi connectivity index (χ3v) is 13.8. The van der Waals surface area contributed by atoms with Gasteiger partial charge in [0.25, 0.3) is 0 Å². The van der Waals surface area contributed by atoms with Crippen molar-refractivity contribution in [2.45, 2.75) is 251 Å². The molecule has 2 atom stereocenters. The second-order valence-electron chi connectivity index (χ2n) is 21.3. The molecule has 0 aromatic carbocycles. The second kappa shape index (κ2) is 56.4. The first-order valence-corrected chi connectivity index (χ1v) is 32.1. The molecule has 0 heterocycles. The van der Waals surface area contributed by atoms with Crippen LogP contribution >= 0.6 is 7.82 Å². The summed E-state index contributed by atoms with van der Waals surface area (Å²) in [5.41, 5.74) is 0. The molecule has 0 saturated heterocycles. The Labute approximate surface area is 467 Å². The molecule has 0 radical (unpaired) electrons. The van der Waals surface area contributed by atoms with Gasteiger partial charge in [-0.15, -0.1) is 0 Å². The number of likely N-dealkylation sites (N-methyl/N-ethyl adjacent to an activating group) is 1. The molecule has 10 heteroatoms. The Balaban J connectivity index is 4.02. The van der Waals surface area contributed by atoms with Crippen LogP contribution in [0.15, 0.2) is 109 Å². The molecule has 0 aromatic rings. The van der Waals surface area contributed by atoms with Crippen molar-refractivity contribution in [2.75, 3.05) is 47.5 Å². The van der Waals surface area contributed by atoms with E-state index in [1.807, 2.05) is 21.1 Å². The maximum absolute atomic E-state index is 12.8. The fraction of sp³-hybridized carbons (Fsp3) is 0.697. The number of ether oxygens (including phenoxy) is 2. The van der Waals surface area contributed by atoms with Crippen molar-refractivity contribution in [2.24, 2.45) is 0 Å².